The van der Waals surface area contributed by atoms with E-state index < -0.39 is 0 Å². The maximum absolute atomic E-state index is 2.42. The Morgan fingerprint density at radius 3 is 1.86 bits per heavy atom. The van der Waals surface area contributed by atoms with Crippen molar-refractivity contribution in [2.24, 2.45) is 7.05 Å². The average molecular weight is 294 g/mol. The van der Waals surface area contributed by atoms with Crippen molar-refractivity contribution in [3.05, 3.63) is 18.2 Å². The van der Waals surface area contributed by atoms with Crippen molar-refractivity contribution in [1.29, 1.82) is 0 Å². The lowest BCUT2D eigenvalue weighted by Crippen LogP contribution is -2.31. The van der Waals surface area contributed by atoms with E-state index in [1.54, 1.807) is 0 Å². The zero-order valence-electron chi connectivity index (χ0n) is 14.7. The van der Waals surface area contributed by atoms with E-state index in [-0.39, 0.29) is 0 Å². The Labute approximate surface area is 132 Å². The molecule has 0 aliphatic carbocycles. The minimum Gasteiger partial charge on any atom is -0.237 e. The highest BCUT2D eigenvalue weighted by atomic mass is 15.1. The van der Waals surface area contributed by atoms with Gasteiger partial charge in [0.1, 0.15) is 12.4 Å². The smallest absolute Gasteiger partial charge is 0.237 e. The third kappa shape index (κ3) is 7.68. The fourth-order valence-electron chi connectivity index (χ4n) is 3.16. The maximum Gasteiger partial charge on any atom is 0.255 e. The van der Waals surface area contributed by atoms with Gasteiger partial charge >= 0.3 is 0 Å². The Morgan fingerprint density at radius 2 is 1.33 bits per heavy atom. The van der Waals surface area contributed by atoms with Crippen molar-refractivity contribution < 1.29 is 4.57 Å². The molecule has 2 heteroatoms. The molecule has 0 saturated carbocycles. The number of imidazole rings is 1. The van der Waals surface area contributed by atoms with Gasteiger partial charge in [-0.2, -0.15) is 0 Å². The number of unbranched alkanes of at least 4 members (excludes halogenated alkanes) is 10. The number of rotatable bonds is 13. The van der Waals surface area contributed by atoms with Gasteiger partial charge in [0.2, 0.25) is 0 Å². The number of hydrogen-bond acceptors (Lipinski definition) is 0. The topological polar surface area (TPSA) is 8.81 Å². The molecule has 0 radical (unpaired) electrons. The molecule has 0 N–H and O–H groups in total. The molecule has 0 aromatic carbocycles. The molecule has 0 fully saturated rings. The monoisotopic (exact) mass is 293 g/mol. The third-order valence-electron chi connectivity index (χ3n) is 4.53. The molecular formula is C19H37N2+. The van der Waals surface area contributed by atoms with Gasteiger partial charge in [0.05, 0.1) is 13.6 Å². The van der Waals surface area contributed by atoms with Crippen molar-refractivity contribution in [3.63, 3.8) is 0 Å². The van der Waals surface area contributed by atoms with Crippen LogP contribution in [0.2, 0.25) is 0 Å². The first-order chi connectivity index (χ1) is 10.3. The fraction of sp³-hybridized carbons (Fsp3) is 0.842. The molecule has 0 unspecified atom stereocenters. The van der Waals surface area contributed by atoms with Crippen LogP contribution in [0, 0.1) is 0 Å². The zero-order chi connectivity index (χ0) is 15.3. The summed E-state index contributed by atoms with van der Waals surface area (Å²) in [4.78, 5) is 0. The summed E-state index contributed by atoms with van der Waals surface area (Å²) in [6.45, 7) is 5.73. The van der Waals surface area contributed by atoms with Crippen LogP contribution in [0.25, 0.3) is 0 Å². The van der Waals surface area contributed by atoms with E-state index in [1.165, 1.54) is 83.0 Å². The Hall–Kier alpha value is -0.790. The van der Waals surface area contributed by atoms with Gasteiger partial charge < -0.3 is 0 Å². The molecule has 0 atom stereocenters. The first kappa shape index (κ1) is 18.3. The van der Waals surface area contributed by atoms with Gasteiger partial charge in [-0.1, -0.05) is 71.6 Å². The first-order valence-corrected chi connectivity index (χ1v) is 9.33. The van der Waals surface area contributed by atoms with Crippen molar-refractivity contribution in [1.82, 2.24) is 4.57 Å². The van der Waals surface area contributed by atoms with Gasteiger partial charge in [0, 0.05) is 6.42 Å². The molecule has 0 spiro atoms. The van der Waals surface area contributed by atoms with Crippen LogP contribution in [0.3, 0.4) is 0 Å². The molecular weight excluding hydrogens is 256 g/mol. The van der Waals surface area contributed by atoms with E-state index in [0.717, 1.165) is 6.42 Å². The molecule has 0 aliphatic heterocycles. The zero-order valence-corrected chi connectivity index (χ0v) is 14.7. The predicted molar refractivity (Wildman–Crippen MR) is 91.4 cm³/mol. The van der Waals surface area contributed by atoms with Crippen LogP contribution in [0.15, 0.2) is 12.4 Å². The average Bonchev–Trinajstić information content (AvgIpc) is 2.85. The number of nitrogens with zero attached hydrogens (tertiary/aromatic N) is 2. The van der Waals surface area contributed by atoms with Crippen LogP contribution in [-0.4, -0.2) is 4.57 Å². The summed E-state index contributed by atoms with van der Waals surface area (Å²) < 4.78 is 4.67. The molecule has 1 rings (SSSR count). The van der Waals surface area contributed by atoms with Gasteiger partial charge in [0.15, 0.2) is 0 Å². The Balaban J connectivity index is 1.93. The van der Waals surface area contributed by atoms with Crippen LogP contribution in [-0.2, 0) is 20.0 Å². The Kier molecular flexibility index (Phi) is 10.3. The summed E-state index contributed by atoms with van der Waals surface area (Å²) in [5.41, 5.74) is 0. The second-order valence-electron chi connectivity index (χ2n) is 6.41. The summed E-state index contributed by atoms with van der Waals surface area (Å²) in [6, 6.07) is 0. The quantitative estimate of drug-likeness (QED) is 0.350. The molecule has 0 aliphatic rings. The summed E-state index contributed by atoms with van der Waals surface area (Å²) in [7, 11) is 2.15. The highest BCUT2D eigenvalue weighted by Crippen LogP contribution is 2.11. The standard InChI is InChI=1S/C19H37N2/c1-4-6-7-8-9-10-11-12-13-14-15-16-21-18-17-20(3)19(21)5-2/h17-18H,4-16H2,1-3H3/q+1. The minimum atomic E-state index is 1.13. The summed E-state index contributed by atoms with van der Waals surface area (Å²) in [6.07, 6.45) is 21.2. The van der Waals surface area contributed by atoms with E-state index in [1.807, 2.05) is 0 Å². The molecule has 0 bridgehead atoms. The van der Waals surface area contributed by atoms with Crippen molar-refractivity contribution in [2.45, 2.75) is 97.4 Å². The third-order valence-corrected chi connectivity index (χ3v) is 4.53. The van der Waals surface area contributed by atoms with Crippen LogP contribution >= 0.6 is 0 Å². The van der Waals surface area contributed by atoms with Crippen molar-refractivity contribution in [2.75, 3.05) is 0 Å². The lowest BCUT2D eigenvalue weighted by Gasteiger charge is -2.03. The molecule has 1 aromatic rings. The van der Waals surface area contributed by atoms with Crippen LogP contribution in [0.5, 0.6) is 0 Å². The number of aryl methyl sites for hydroxylation is 2. The first-order valence-electron chi connectivity index (χ1n) is 9.33. The highest BCUT2D eigenvalue weighted by Gasteiger charge is 2.10. The molecule has 0 saturated heterocycles. The largest absolute Gasteiger partial charge is 0.255 e. The van der Waals surface area contributed by atoms with Crippen LogP contribution in [0.1, 0.15) is 90.3 Å². The lowest BCUT2D eigenvalue weighted by atomic mass is 10.1. The van der Waals surface area contributed by atoms with Gasteiger partial charge in [-0.3, -0.25) is 0 Å². The molecule has 2 nitrogen and oxygen atoms in total. The SMILES string of the molecule is CCCCCCCCCCCCCn1cc[n+](C)c1CC. The molecule has 0 amide bonds. The van der Waals surface area contributed by atoms with Crippen molar-refractivity contribution in [3.8, 4) is 0 Å². The van der Waals surface area contributed by atoms with Gasteiger partial charge in [0.25, 0.3) is 5.82 Å². The minimum absolute atomic E-state index is 1.13. The molecule has 122 valence electrons. The lowest BCUT2D eigenvalue weighted by molar-refractivity contribution is -0.678. The second-order valence-corrected chi connectivity index (χ2v) is 6.41. The summed E-state index contributed by atoms with van der Waals surface area (Å²) in [5, 5.41) is 0. The Bertz CT molecular complexity index is 354. The summed E-state index contributed by atoms with van der Waals surface area (Å²) >= 11 is 0. The normalized spacial score (nSPS) is 11.2. The van der Waals surface area contributed by atoms with Crippen LogP contribution < -0.4 is 4.57 Å². The highest BCUT2D eigenvalue weighted by molar-refractivity contribution is 4.82. The van der Waals surface area contributed by atoms with E-state index in [2.05, 4.69) is 42.4 Å². The molecule has 1 aromatic heterocycles. The summed E-state index contributed by atoms with van der Waals surface area (Å²) in [5.74, 6) is 1.45. The number of aromatic nitrogens is 2. The van der Waals surface area contributed by atoms with E-state index in [9.17, 15) is 0 Å². The Morgan fingerprint density at radius 1 is 0.810 bits per heavy atom. The molecule has 1 heterocycles. The van der Waals surface area contributed by atoms with E-state index in [0.29, 0.717) is 0 Å². The van der Waals surface area contributed by atoms with E-state index in [4.69, 9.17) is 0 Å². The fourth-order valence-corrected chi connectivity index (χ4v) is 3.16. The molecule has 21 heavy (non-hydrogen) atoms. The van der Waals surface area contributed by atoms with Crippen molar-refractivity contribution >= 4 is 0 Å². The van der Waals surface area contributed by atoms with Gasteiger partial charge in [-0.05, 0) is 12.8 Å². The number of hydrogen-bond donors (Lipinski definition) is 0. The van der Waals surface area contributed by atoms with Crippen LogP contribution in [0.4, 0.5) is 0 Å². The van der Waals surface area contributed by atoms with Gasteiger partial charge in [-0.15, -0.1) is 0 Å². The predicted octanol–water partition coefficient (Wildman–Crippen LogP) is 5.19. The van der Waals surface area contributed by atoms with E-state index >= 15 is 0 Å². The van der Waals surface area contributed by atoms with Gasteiger partial charge in [-0.25, -0.2) is 9.13 Å². The maximum atomic E-state index is 2.42. The second kappa shape index (κ2) is 11.8.